The molecule has 1 atom stereocenters. The maximum atomic E-state index is 11.7. The van der Waals surface area contributed by atoms with Crippen molar-refractivity contribution in [3.63, 3.8) is 0 Å². The Morgan fingerprint density at radius 1 is 1.30 bits per heavy atom. The first-order chi connectivity index (χ1) is 9.56. The number of hydrogen-bond donors (Lipinski definition) is 3. The molecule has 0 aliphatic rings. The fourth-order valence-corrected chi connectivity index (χ4v) is 3.01. The summed E-state index contributed by atoms with van der Waals surface area (Å²) in [6.07, 6.45) is 1.34. The number of anilines is 1. The first-order valence-corrected chi connectivity index (χ1v) is 8.09. The van der Waals surface area contributed by atoms with Gasteiger partial charge in [0, 0.05) is 13.0 Å². The van der Waals surface area contributed by atoms with Crippen LogP contribution in [-0.2, 0) is 9.59 Å². The zero-order chi connectivity index (χ0) is 15.0. The van der Waals surface area contributed by atoms with Gasteiger partial charge in [-0.05, 0) is 13.3 Å². The molecule has 0 saturated carbocycles. The van der Waals surface area contributed by atoms with Crippen LogP contribution in [0.15, 0.2) is 4.34 Å². The molecule has 112 valence electrons. The van der Waals surface area contributed by atoms with Gasteiger partial charge in [-0.15, -0.1) is 10.2 Å². The van der Waals surface area contributed by atoms with E-state index >= 15 is 0 Å². The van der Waals surface area contributed by atoms with Gasteiger partial charge in [-0.25, -0.2) is 0 Å². The predicted octanol–water partition coefficient (Wildman–Crippen LogP) is 1.40. The zero-order valence-electron chi connectivity index (χ0n) is 11.7. The lowest BCUT2D eigenvalue weighted by atomic mass is 10.4. The van der Waals surface area contributed by atoms with Crippen LogP contribution < -0.4 is 16.2 Å². The maximum Gasteiger partial charge on any atom is 0.251 e. The number of hydrogen-bond acceptors (Lipinski definition) is 7. The van der Waals surface area contributed by atoms with Gasteiger partial charge in [-0.3, -0.25) is 20.4 Å². The third kappa shape index (κ3) is 5.74. The van der Waals surface area contributed by atoms with Crippen LogP contribution in [0.1, 0.15) is 33.6 Å². The van der Waals surface area contributed by atoms with Crippen molar-refractivity contribution in [1.29, 1.82) is 0 Å². The van der Waals surface area contributed by atoms with E-state index < -0.39 is 0 Å². The predicted molar refractivity (Wildman–Crippen MR) is 80.6 cm³/mol. The van der Waals surface area contributed by atoms with Crippen LogP contribution in [0.5, 0.6) is 0 Å². The van der Waals surface area contributed by atoms with Gasteiger partial charge in [-0.2, -0.15) is 0 Å². The highest BCUT2D eigenvalue weighted by Gasteiger charge is 2.17. The number of rotatable bonds is 7. The Morgan fingerprint density at radius 3 is 2.70 bits per heavy atom. The summed E-state index contributed by atoms with van der Waals surface area (Å²) >= 11 is 2.72. The molecule has 0 aromatic carbocycles. The topological polar surface area (TPSA) is 96.0 Å². The van der Waals surface area contributed by atoms with Crippen molar-refractivity contribution in [3.05, 3.63) is 0 Å². The average Bonchev–Trinajstić information content (AvgIpc) is 2.89. The van der Waals surface area contributed by atoms with Crippen LogP contribution in [-0.4, -0.2) is 33.8 Å². The van der Waals surface area contributed by atoms with Crippen LogP contribution in [0.4, 0.5) is 5.13 Å². The third-order valence-corrected chi connectivity index (χ3v) is 4.29. The molecule has 0 aliphatic heterocycles. The molecule has 1 aromatic rings. The monoisotopic (exact) mass is 317 g/mol. The Labute approximate surface area is 126 Å². The normalized spacial score (nSPS) is 11.8. The third-order valence-electron chi connectivity index (χ3n) is 2.23. The van der Waals surface area contributed by atoms with Crippen molar-refractivity contribution in [2.75, 3.05) is 11.9 Å². The molecule has 9 heteroatoms. The Balaban J connectivity index is 2.40. The van der Waals surface area contributed by atoms with Gasteiger partial charge in [0.05, 0.1) is 5.25 Å². The molecule has 0 fully saturated rings. The van der Waals surface area contributed by atoms with Crippen LogP contribution >= 0.6 is 23.1 Å². The first kappa shape index (κ1) is 16.7. The van der Waals surface area contributed by atoms with Gasteiger partial charge in [0.2, 0.25) is 11.0 Å². The van der Waals surface area contributed by atoms with Crippen LogP contribution in [0.3, 0.4) is 0 Å². The van der Waals surface area contributed by atoms with Crippen molar-refractivity contribution in [1.82, 2.24) is 21.0 Å². The van der Waals surface area contributed by atoms with Gasteiger partial charge >= 0.3 is 0 Å². The summed E-state index contributed by atoms with van der Waals surface area (Å²) in [6, 6.07) is 0. The van der Waals surface area contributed by atoms with Gasteiger partial charge in [0.25, 0.3) is 5.91 Å². The lowest BCUT2D eigenvalue weighted by Crippen LogP contribution is -2.44. The number of nitrogens with zero attached hydrogens (tertiary/aromatic N) is 2. The van der Waals surface area contributed by atoms with E-state index in [0.717, 1.165) is 18.1 Å². The van der Waals surface area contributed by atoms with E-state index in [1.165, 1.54) is 23.1 Å². The highest BCUT2D eigenvalue weighted by molar-refractivity contribution is 8.02. The number of nitrogens with one attached hydrogen (secondary N) is 3. The molecule has 0 spiro atoms. The second-order valence-corrected chi connectivity index (χ2v) is 6.52. The van der Waals surface area contributed by atoms with Crippen molar-refractivity contribution in [2.24, 2.45) is 0 Å². The fourth-order valence-electron chi connectivity index (χ4n) is 1.09. The van der Waals surface area contributed by atoms with Crippen LogP contribution in [0, 0.1) is 0 Å². The summed E-state index contributed by atoms with van der Waals surface area (Å²) in [5, 5.41) is 11.5. The number of thioether (sulfide) groups is 1. The van der Waals surface area contributed by atoms with Gasteiger partial charge < -0.3 is 5.32 Å². The molecule has 0 aliphatic carbocycles. The zero-order valence-corrected chi connectivity index (χ0v) is 13.4. The Morgan fingerprint density at radius 2 is 2.05 bits per heavy atom. The molecule has 0 saturated heterocycles. The van der Waals surface area contributed by atoms with E-state index in [1.807, 2.05) is 0 Å². The minimum absolute atomic E-state index is 0.225. The van der Waals surface area contributed by atoms with Crippen LogP contribution in [0.25, 0.3) is 0 Å². The molecule has 2 amide bonds. The Hall–Kier alpha value is -1.35. The molecule has 0 bridgehead atoms. The fraction of sp³-hybridized carbons (Fsp3) is 0.636. The lowest BCUT2D eigenvalue weighted by molar-refractivity contribution is -0.128. The maximum absolute atomic E-state index is 11.7. The molecule has 0 unspecified atom stereocenters. The van der Waals surface area contributed by atoms with Gasteiger partial charge in [-0.1, -0.05) is 36.9 Å². The van der Waals surface area contributed by atoms with Crippen molar-refractivity contribution in [2.45, 2.75) is 43.2 Å². The number of carbonyl (C=O) groups excluding carboxylic acids is 2. The molecule has 1 heterocycles. The average molecular weight is 317 g/mol. The smallest absolute Gasteiger partial charge is 0.251 e. The summed E-state index contributed by atoms with van der Waals surface area (Å²) < 4.78 is 0.716. The molecule has 3 N–H and O–H groups in total. The highest BCUT2D eigenvalue weighted by Crippen LogP contribution is 2.28. The molecule has 1 aromatic heterocycles. The SMILES string of the molecule is CCCNc1nnc(S[C@H](C)C(=O)NNC(=O)CC)s1. The second kappa shape index (κ2) is 8.75. The molecular formula is C11H19N5O2S2. The standard InChI is InChI=1S/C11H19N5O2S2/c1-4-6-12-10-15-16-11(20-10)19-7(3)9(18)14-13-8(17)5-2/h7H,4-6H2,1-3H3,(H,12,15)(H,13,17)(H,14,18)/t7-/m1/s1. The largest absolute Gasteiger partial charge is 0.360 e. The van der Waals surface area contributed by atoms with Gasteiger partial charge in [0.15, 0.2) is 4.34 Å². The molecule has 7 nitrogen and oxygen atoms in total. The number of aromatic nitrogens is 2. The molecular weight excluding hydrogens is 298 g/mol. The van der Waals surface area contributed by atoms with Crippen molar-refractivity contribution < 1.29 is 9.59 Å². The summed E-state index contributed by atoms with van der Waals surface area (Å²) in [5.74, 6) is -0.493. The summed E-state index contributed by atoms with van der Waals surface area (Å²) in [6.45, 7) is 6.38. The lowest BCUT2D eigenvalue weighted by Gasteiger charge is -2.10. The minimum atomic E-state index is -0.362. The number of hydrazine groups is 1. The molecule has 0 radical (unpaired) electrons. The Kier molecular flexibility index (Phi) is 7.31. The Bertz CT molecular complexity index is 452. The van der Waals surface area contributed by atoms with E-state index in [1.54, 1.807) is 13.8 Å². The number of carbonyl (C=O) groups is 2. The first-order valence-electron chi connectivity index (χ1n) is 6.39. The number of amides is 2. The van der Waals surface area contributed by atoms with Gasteiger partial charge in [0.1, 0.15) is 0 Å². The van der Waals surface area contributed by atoms with E-state index in [9.17, 15) is 9.59 Å². The van der Waals surface area contributed by atoms with Crippen LogP contribution in [0.2, 0.25) is 0 Å². The van der Waals surface area contributed by atoms with Crippen molar-refractivity contribution in [3.8, 4) is 0 Å². The minimum Gasteiger partial charge on any atom is -0.360 e. The van der Waals surface area contributed by atoms with E-state index in [2.05, 4.69) is 33.3 Å². The summed E-state index contributed by atoms with van der Waals surface area (Å²) in [5.41, 5.74) is 4.71. The quantitative estimate of drug-likeness (QED) is 0.519. The van der Waals surface area contributed by atoms with E-state index in [4.69, 9.17) is 0 Å². The summed E-state index contributed by atoms with van der Waals surface area (Å²) in [4.78, 5) is 22.8. The second-order valence-electron chi connectivity index (χ2n) is 3.95. The van der Waals surface area contributed by atoms with E-state index in [-0.39, 0.29) is 17.1 Å². The molecule has 20 heavy (non-hydrogen) atoms. The van der Waals surface area contributed by atoms with Crippen molar-refractivity contribution >= 4 is 40.0 Å². The summed E-state index contributed by atoms with van der Waals surface area (Å²) in [7, 11) is 0. The molecule has 1 rings (SSSR count). The van der Waals surface area contributed by atoms with E-state index in [0.29, 0.717) is 10.8 Å². The highest BCUT2D eigenvalue weighted by atomic mass is 32.2.